The molecule has 0 rings (SSSR count). The SMILES string of the molecule is CC(C)(C)SSCCO. The maximum Gasteiger partial charge on any atom is 0.0530 e. The Morgan fingerprint density at radius 1 is 1.33 bits per heavy atom. The molecule has 0 amide bonds. The van der Waals surface area contributed by atoms with Gasteiger partial charge in [-0.2, -0.15) is 0 Å². The average molecular weight is 166 g/mol. The average Bonchev–Trinajstić information content (AvgIpc) is 1.63. The number of aliphatic hydroxyl groups excluding tert-OH is 1. The van der Waals surface area contributed by atoms with Crippen LogP contribution in [0.15, 0.2) is 0 Å². The molecular weight excluding hydrogens is 152 g/mol. The normalized spacial score (nSPS) is 12.0. The topological polar surface area (TPSA) is 20.2 Å². The molecule has 1 nitrogen and oxygen atoms in total. The monoisotopic (exact) mass is 166 g/mol. The first-order chi connectivity index (χ1) is 4.06. The standard InChI is InChI=1S/C6H14OS2/c1-6(2,3)9-8-5-4-7/h7H,4-5H2,1-3H3. The van der Waals surface area contributed by atoms with Crippen LogP contribution in [0.1, 0.15) is 20.8 Å². The summed E-state index contributed by atoms with van der Waals surface area (Å²) in [5.74, 6) is 0.835. The second-order valence-electron chi connectivity index (χ2n) is 2.74. The molecule has 3 heteroatoms. The fraction of sp³-hybridized carbons (Fsp3) is 1.00. The third kappa shape index (κ3) is 8.66. The number of hydrogen-bond donors (Lipinski definition) is 1. The second kappa shape index (κ2) is 4.47. The summed E-state index contributed by atoms with van der Waals surface area (Å²) < 4.78 is 0.319. The quantitative estimate of drug-likeness (QED) is 0.512. The first kappa shape index (κ1) is 9.66. The largest absolute Gasteiger partial charge is 0.395 e. The van der Waals surface area contributed by atoms with E-state index in [1.54, 1.807) is 10.8 Å². The van der Waals surface area contributed by atoms with Gasteiger partial charge in [0.05, 0.1) is 6.61 Å². The van der Waals surface area contributed by atoms with Crippen molar-refractivity contribution in [3.63, 3.8) is 0 Å². The Morgan fingerprint density at radius 2 is 1.89 bits per heavy atom. The second-order valence-corrected chi connectivity index (χ2v) is 5.98. The molecule has 0 aromatic rings. The number of aliphatic hydroxyl groups is 1. The van der Waals surface area contributed by atoms with Gasteiger partial charge in [0.25, 0.3) is 0 Å². The predicted octanol–water partition coefficient (Wildman–Crippen LogP) is 2.16. The maximum atomic E-state index is 8.43. The van der Waals surface area contributed by atoms with Crippen molar-refractivity contribution in [2.24, 2.45) is 0 Å². The van der Waals surface area contributed by atoms with Crippen molar-refractivity contribution < 1.29 is 5.11 Å². The summed E-state index contributed by atoms with van der Waals surface area (Å²) in [5.41, 5.74) is 0. The molecule has 0 bridgehead atoms. The summed E-state index contributed by atoms with van der Waals surface area (Å²) in [5, 5.41) is 8.43. The van der Waals surface area contributed by atoms with Gasteiger partial charge >= 0.3 is 0 Å². The lowest BCUT2D eigenvalue weighted by Gasteiger charge is -2.15. The van der Waals surface area contributed by atoms with E-state index in [-0.39, 0.29) is 6.61 Å². The molecule has 0 aromatic carbocycles. The molecule has 0 saturated heterocycles. The van der Waals surface area contributed by atoms with Gasteiger partial charge in [-0.3, -0.25) is 0 Å². The van der Waals surface area contributed by atoms with Crippen LogP contribution in [0.4, 0.5) is 0 Å². The molecule has 0 saturated carbocycles. The van der Waals surface area contributed by atoms with Crippen molar-refractivity contribution >= 4 is 21.6 Å². The zero-order valence-electron chi connectivity index (χ0n) is 6.18. The van der Waals surface area contributed by atoms with Crippen LogP contribution in [-0.2, 0) is 0 Å². The third-order valence-corrected chi connectivity index (χ3v) is 3.80. The van der Waals surface area contributed by atoms with Crippen molar-refractivity contribution in [1.82, 2.24) is 0 Å². The van der Waals surface area contributed by atoms with Crippen LogP contribution >= 0.6 is 21.6 Å². The fourth-order valence-electron chi connectivity index (χ4n) is 0.256. The molecule has 0 spiro atoms. The lowest BCUT2D eigenvalue weighted by atomic mass is 10.3. The minimum atomic E-state index is 0.285. The van der Waals surface area contributed by atoms with Crippen molar-refractivity contribution in [1.29, 1.82) is 0 Å². The number of hydrogen-bond acceptors (Lipinski definition) is 3. The van der Waals surface area contributed by atoms with Crippen molar-refractivity contribution in [2.45, 2.75) is 25.5 Å². The van der Waals surface area contributed by atoms with Gasteiger partial charge in [0.15, 0.2) is 0 Å². The molecule has 0 radical (unpaired) electrons. The third-order valence-electron chi connectivity index (χ3n) is 0.484. The lowest BCUT2D eigenvalue weighted by molar-refractivity contribution is 0.323. The van der Waals surface area contributed by atoms with Gasteiger partial charge in [-0.15, -0.1) is 0 Å². The lowest BCUT2D eigenvalue weighted by Crippen LogP contribution is -2.04. The molecule has 9 heavy (non-hydrogen) atoms. The molecule has 0 atom stereocenters. The van der Waals surface area contributed by atoms with Gasteiger partial charge < -0.3 is 5.11 Å². The van der Waals surface area contributed by atoms with Gasteiger partial charge in [-0.25, -0.2) is 0 Å². The summed E-state index contributed by atoms with van der Waals surface area (Å²) in [7, 11) is 3.54. The van der Waals surface area contributed by atoms with E-state index in [1.165, 1.54) is 0 Å². The van der Waals surface area contributed by atoms with E-state index in [0.717, 1.165) is 5.75 Å². The van der Waals surface area contributed by atoms with E-state index in [4.69, 9.17) is 5.11 Å². The first-order valence-electron chi connectivity index (χ1n) is 2.98. The van der Waals surface area contributed by atoms with Gasteiger partial charge in [0, 0.05) is 10.5 Å². The van der Waals surface area contributed by atoms with Gasteiger partial charge in [0.2, 0.25) is 0 Å². The van der Waals surface area contributed by atoms with Crippen molar-refractivity contribution in [3.8, 4) is 0 Å². The van der Waals surface area contributed by atoms with Crippen LogP contribution in [0.2, 0.25) is 0 Å². The molecule has 0 fully saturated rings. The minimum Gasteiger partial charge on any atom is -0.395 e. The fourth-order valence-corrected chi connectivity index (χ4v) is 2.30. The highest BCUT2D eigenvalue weighted by Crippen LogP contribution is 2.34. The van der Waals surface area contributed by atoms with E-state index >= 15 is 0 Å². The molecular formula is C6H14OS2. The summed E-state index contributed by atoms with van der Waals surface area (Å²) >= 11 is 0. The summed E-state index contributed by atoms with van der Waals surface area (Å²) in [4.78, 5) is 0. The molecule has 0 aliphatic heterocycles. The molecule has 56 valence electrons. The van der Waals surface area contributed by atoms with Crippen LogP contribution < -0.4 is 0 Å². The zero-order valence-corrected chi connectivity index (χ0v) is 7.81. The Balaban J connectivity index is 3.07. The van der Waals surface area contributed by atoms with E-state index in [0.29, 0.717) is 4.75 Å². The first-order valence-corrected chi connectivity index (χ1v) is 5.29. The highest BCUT2D eigenvalue weighted by molar-refractivity contribution is 8.77. The van der Waals surface area contributed by atoms with E-state index < -0.39 is 0 Å². The van der Waals surface area contributed by atoms with Gasteiger partial charge in [0.1, 0.15) is 0 Å². The molecule has 1 N–H and O–H groups in total. The van der Waals surface area contributed by atoms with Gasteiger partial charge in [-0.05, 0) is 0 Å². The van der Waals surface area contributed by atoms with E-state index in [2.05, 4.69) is 20.8 Å². The molecule has 0 heterocycles. The summed E-state index contributed by atoms with van der Waals surface area (Å²) in [6.45, 7) is 6.79. The van der Waals surface area contributed by atoms with Crippen LogP contribution in [0.25, 0.3) is 0 Å². The zero-order chi connectivity index (χ0) is 7.33. The molecule has 0 aliphatic rings. The van der Waals surface area contributed by atoms with Crippen molar-refractivity contribution in [2.75, 3.05) is 12.4 Å². The van der Waals surface area contributed by atoms with Gasteiger partial charge in [-0.1, -0.05) is 42.4 Å². The summed E-state index contributed by atoms with van der Waals surface area (Å²) in [6.07, 6.45) is 0. The Morgan fingerprint density at radius 3 is 2.22 bits per heavy atom. The minimum absolute atomic E-state index is 0.285. The number of rotatable bonds is 3. The Hall–Kier alpha value is 0.660. The molecule has 0 unspecified atom stereocenters. The van der Waals surface area contributed by atoms with Crippen molar-refractivity contribution in [3.05, 3.63) is 0 Å². The maximum absolute atomic E-state index is 8.43. The highest BCUT2D eigenvalue weighted by atomic mass is 33.1. The molecule has 0 aromatic heterocycles. The Kier molecular flexibility index (Phi) is 4.80. The van der Waals surface area contributed by atoms with Crippen LogP contribution in [0.3, 0.4) is 0 Å². The summed E-state index contributed by atoms with van der Waals surface area (Å²) in [6, 6.07) is 0. The van der Waals surface area contributed by atoms with Crippen LogP contribution in [-0.4, -0.2) is 22.2 Å². The van der Waals surface area contributed by atoms with E-state index in [1.807, 2.05) is 10.8 Å². The highest BCUT2D eigenvalue weighted by Gasteiger charge is 2.09. The molecule has 0 aliphatic carbocycles. The van der Waals surface area contributed by atoms with Crippen LogP contribution in [0.5, 0.6) is 0 Å². The van der Waals surface area contributed by atoms with Crippen LogP contribution in [0, 0.1) is 0 Å². The van der Waals surface area contributed by atoms with E-state index in [9.17, 15) is 0 Å². The predicted molar refractivity (Wildman–Crippen MR) is 46.9 cm³/mol. The smallest absolute Gasteiger partial charge is 0.0530 e. The Labute approximate surface area is 65.0 Å². The Bertz CT molecular complexity index is 67.9.